The standard InChI is InChI=1S/C14H14F3NO2/c1-8(2)20-12-5-3-4-10-13(12)9(7-18-10)11(19)6-14(15,16)17/h3-5,7-8,18H,6H2,1-2H3. The largest absolute Gasteiger partial charge is 0.490 e. The highest BCUT2D eigenvalue weighted by atomic mass is 19.4. The van der Waals surface area contributed by atoms with Crippen LogP contribution in [-0.2, 0) is 0 Å². The van der Waals surface area contributed by atoms with Crippen LogP contribution in [0.3, 0.4) is 0 Å². The molecule has 0 aliphatic carbocycles. The van der Waals surface area contributed by atoms with Crippen molar-refractivity contribution in [3.8, 4) is 5.75 Å². The van der Waals surface area contributed by atoms with E-state index in [1.807, 2.05) is 13.8 Å². The Bertz CT molecular complexity index is 629. The van der Waals surface area contributed by atoms with Gasteiger partial charge in [0.05, 0.1) is 11.5 Å². The number of fused-ring (bicyclic) bond motifs is 1. The molecule has 0 unspecified atom stereocenters. The second-order valence-corrected chi connectivity index (χ2v) is 4.76. The quantitative estimate of drug-likeness (QED) is 0.860. The summed E-state index contributed by atoms with van der Waals surface area (Å²) in [5, 5.41) is 0.399. The molecule has 1 heterocycles. The van der Waals surface area contributed by atoms with Crippen LogP contribution < -0.4 is 4.74 Å². The van der Waals surface area contributed by atoms with E-state index in [1.165, 1.54) is 6.20 Å². The molecule has 0 saturated carbocycles. The summed E-state index contributed by atoms with van der Waals surface area (Å²) in [6.45, 7) is 3.62. The number of hydrogen-bond donors (Lipinski definition) is 1. The molecule has 2 rings (SSSR count). The van der Waals surface area contributed by atoms with E-state index in [-0.39, 0.29) is 11.7 Å². The van der Waals surface area contributed by atoms with Crippen LogP contribution in [0.25, 0.3) is 10.9 Å². The Hall–Kier alpha value is -1.98. The van der Waals surface area contributed by atoms with Crippen molar-refractivity contribution in [1.82, 2.24) is 4.98 Å². The summed E-state index contributed by atoms with van der Waals surface area (Å²) in [6, 6.07) is 5.04. The van der Waals surface area contributed by atoms with Gasteiger partial charge in [0.1, 0.15) is 12.2 Å². The van der Waals surface area contributed by atoms with Crippen LogP contribution in [0.5, 0.6) is 5.75 Å². The maximum Gasteiger partial charge on any atom is 0.396 e. The van der Waals surface area contributed by atoms with Crippen molar-refractivity contribution >= 4 is 16.7 Å². The smallest absolute Gasteiger partial charge is 0.396 e. The van der Waals surface area contributed by atoms with Gasteiger partial charge >= 0.3 is 6.18 Å². The Labute approximate surface area is 113 Å². The van der Waals surface area contributed by atoms with Crippen LogP contribution in [0.15, 0.2) is 24.4 Å². The van der Waals surface area contributed by atoms with Crippen LogP contribution in [0.4, 0.5) is 13.2 Å². The summed E-state index contributed by atoms with van der Waals surface area (Å²) in [4.78, 5) is 14.6. The number of aromatic nitrogens is 1. The molecule has 2 aromatic rings. The lowest BCUT2D eigenvalue weighted by atomic mass is 10.1. The maximum atomic E-state index is 12.3. The zero-order valence-electron chi connectivity index (χ0n) is 11.0. The summed E-state index contributed by atoms with van der Waals surface area (Å²) in [6.07, 6.45) is -4.84. The van der Waals surface area contributed by atoms with Gasteiger partial charge in [-0.25, -0.2) is 0 Å². The lowest BCUT2D eigenvalue weighted by Crippen LogP contribution is -2.15. The molecule has 0 amide bonds. The van der Waals surface area contributed by atoms with E-state index in [0.29, 0.717) is 16.7 Å². The zero-order valence-corrected chi connectivity index (χ0v) is 11.0. The number of alkyl halides is 3. The van der Waals surface area contributed by atoms with Crippen LogP contribution in [0, 0.1) is 0 Å². The number of benzene rings is 1. The zero-order chi connectivity index (χ0) is 14.9. The average Bonchev–Trinajstić information content (AvgIpc) is 2.70. The molecule has 0 bridgehead atoms. The van der Waals surface area contributed by atoms with Crippen molar-refractivity contribution in [2.24, 2.45) is 0 Å². The predicted molar refractivity (Wildman–Crippen MR) is 69.1 cm³/mol. The normalized spacial score (nSPS) is 12.1. The minimum atomic E-state index is -4.52. The van der Waals surface area contributed by atoms with Gasteiger partial charge in [-0.2, -0.15) is 13.2 Å². The number of ketones is 1. The van der Waals surface area contributed by atoms with Crippen molar-refractivity contribution in [3.05, 3.63) is 30.0 Å². The topological polar surface area (TPSA) is 42.1 Å². The number of aromatic amines is 1. The summed E-state index contributed by atoms with van der Waals surface area (Å²) in [7, 11) is 0. The molecular weight excluding hydrogens is 271 g/mol. The van der Waals surface area contributed by atoms with E-state index < -0.39 is 18.4 Å². The maximum absolute atomic E-state index is 12.3. The molecule has 0 fully saturated rings. The number of halogens is 3. The molecule has 20 heavy (non-hydrogen) atoms. The Kier molecular flexibility index (Phi) is 3.74. The molecule has 1 aromatic carbocycles. The molecule has 1 N–H and O–H groups in total. The molecule has 108 valence electrons. The predicted octanol–water partition coefficient (Wildman–Crippen LogP) is 4.09. The van der Waals surface area contributed by atoms with Gasteiger partial charge in [0, 0.05) is 17.3 Å². The third-order valence-corrected chi connectivity index (χ3v) is 2.69. The highest BCUT2D eigenvalue weighted by molar-refractivity contribution is 6.10. The van der Waals surface area contributed by atoms with Crippen LogP contribution >= 0.6 is 0 Å². The van der Waals surface area contributed by atoms with Gasteiger partial charge in [-0.1, -0.05) is 6.07 Å². The monoisotopic (exact) mass is 285 g/mol. The Morgan fingerprint density at radius 2 is 2.05 bits per heavy atom. The fraction of sp³-hybridized carbons (Fsp3) is 0.357. The van der Waals surface area contributed by atoms with E-state index in [2.05, 4.69) is 4.98 Å². The summed E-state index contributed by atoms with van der Waals surface area (Å²) in [5.74, 6) is -0.562. The first kappa shape index (κ1) is 14.4. The minimum Gasteiger partial charge on any atom is -0.490 e. The number of ether oxygens (including phenoxy) is 1. The third-order valence-electron chi connectivity index (χ3n) is 2.69. The van der Waals surface area contributed by atoms with E-state index >= 15 is 0 Å². The number of hydrogen-bond acceptors (Lipinski definition) is 2. The first-order chi connectivity index (χ1) is 9.28. The first-order valence-corrected chi connectivity index (χ1v) is 6.14. The molecule has 0 aliphatic rings. The van der Waals surface area contributed by atoms with Crippen LogP contribution in [-0.4, -0.2) is 23.0 Å². The van der Waals surface area contributed by atoms with Crippen LogP contribution in [0.1, 0.15) is 30.6 Å². The number of carbonyl (C=O) groups excluding carboxylic acids is 1. The number of H-pyrrole nitrogens is 1. The first-order valence-electron chi connectivity index (χ1n) is 6.14. The van der Waals surface area contributed by atoms with Crippen molar-refractivity contribution in [2.75, 3.05) is 0 Å². The van der Waals surface area contributed by atoms with Gasteiger partial charge < -0.3 is 9.72 Å². The third kappa shape index (κ3) is 3.12. The van der Waals surface area contributed by atoms with Crippen molar-refractivity contribution in [2.45, 2.75) is 32.5 Å². The van der Waals surface area contributed by atoms with Gasteiger partial charge in [-0.15, -0.1) is 0 Å². The molecule has 3 nitrogen and oxygen atoms in total. The van der Waals surface area contributed by atoms with Gasteiger partial charge in [0.15, 0.2) is 5.78 Å². The molecule has 0 spiro atoms. The Balaban J connectivity index is 2.46. The number of nitrogens with one attached hydrogen (secondary N) is 1. The van der Waals surface area contributed by atoms with Gasteiger partial charge in [-0.3, -0.25) is 4.79 Å². The summed E-state index contributed by atoms with van der Waals surface area (Å²) >= 11 is 0. The Morgan fingerprint density at radius 1 is 1.35 bits per heavy atom. The lowest BCUT2D eigenvalue weighted by molar-refractivity contribution is -0.125. The van der Waals surface area contributed by atoms with Gasteiger partial charge in [0.25, 0.3) is 0 Å². The number of carbonyl (C=O) groups is 1. The fourth-order valence-corrected chi connectivity index (χ4v) is 2.00. The minimum absolute atomic E-state index is 0.00794. The van der Waals surface area contributed by atoms with Crippen LogP contribution in [0.2, 0.25) is 0 Å². The molecule has 0 aliphatic heterocycles. The van der Waals surface area contributed by atoms with E-state index in [9.17, 15) is 18.0 Å². The van der Waals surface area contributed by atoms with Crippen molar-refractivity contribution in [3.63, 3.8) is 0 Å². The van der Waals surface area contributed by atoms with Gasteiger partial charge in [0.2, 0.25) is 0 Å². The van der Waals surface area contributed by atoms with E-state index in [0.717, 1.165) is 0 Å². The van der Waals surface area contributed by atoms with Crippen molar-refractivity contribution < 1.29 is 22.7 Å². The second kappa shape index (κ2) is 5.19. The summed E-state index contributed by atoms with van der Waals surface area (Å²) in [5.41, 5.74) is 0.585. The highest BCUT2D eigenvalue weighted by Gasteiger charge is 2.32. The molecule has 0 radical (unpaired) electrons. The van der Waals surface area contributed by atoms with E-state index in [4.69, 9.17) is 4.74 Å². The lowest BCUT2D eigenvalue weighted by Gasteiger charge is -2.12. The number of Topliss-reactive ketones (excluding diaryl/α,β-unsaturated/α-hetero) is 1. The van der Waals surface area contributed by atoms with E-state index in [1.54, 1.807) is 18.2 Å². The molecule has 1 aromatic heterocycles. The average molecular weight is 285 g/mol. The fourth-order valence-electron chi connectivity index (χ4n) is 2.00. The molecule has 6 heteroatoms. The molecular formula is C14H14F3NO2. The SMILES string of the molecule is CC(C)Oc1cccc2[nH]cc(C(=O)CC(F)(F)F)c12. The second-order valence-electron chi connectivity index (χ2n) is 4.76. The van der Waals surface area contributed by atoms with Gasteiger partial charge in [-0.05, 0) is 26.0 Å². The Morgan fingerprint density at radius 3 is 2.65 bits per heavy atom. The molecule has 0 saturated heterocycles. The van der Waals surface area contributed by atoms with Crippen molar-refractivity contribution in [1.29, 1.82) is 0 Å². The number of rotatable bonds is 4. The highest BCUT2D eigenvalue weighted by Crippen LogP contribution is 2.32. The molecule has 0 atom stereocenters. The summed E-state index contributed by atoms with van der Waals surface area (Å²) < 4.78 is 42.6.